The highest BCUT2D eigenvalue weighted by Gasteiger charge is 2.04. The van der Waals surface area contributed by atoms with Gasteiger partial charge in [-0.2, -0.15) is 0 Å². The largest absolute Gasteiger partial charge is 0.497 e. The Labute approximate surface area is 128 Å². The van der Waals surface area contributed by atoms with Gasteiger partial charge in [0.05, 0.1) is 20.0 Å². The Kier molecular flexibility index (Phi) is 5.51. The molecule has 0 atom stereocenters. The van der Waals surface area contributed by atoms with Crippen molar-refractivity contribution >= 4 is 23.4 Å². The molecule has 0 aliphatic rings. The van der Waals surface area contributed by atoms with Crippen molar-refractivity contribution in [2.24, 2.45) is 0 Å². The van der Waals surface area contributed by atoms with Crippen LogP contribution in [0.4, 0.5) is 5.69 Å². The lowest BCUT2D eigenvalue weighted by atomic mass is 10.3. The summed E-state index contributed by atoms with van der Waals surface area (Å²) in [5.74, 6) is 1.85. The fraction of sp³-hybridized carbons (Fsp3) is 0.188. The van der Waals surface area contributed by atoms with Gasteiger partial charge in [-0.05, 0) is 42.5 Å². The van der Waals surface area contributed by atoms with Crippen LogP contribution in [0.2, 0.25) is 0 Å². The first kappa shape index (κ1) is 15.3. The molecule has 2 rings (SSSR count). The third-order valence-electron chi connectivity index (χ3n) is 2.78. The van der Waals surface area contributed by atoms with Crippen LogP contribution in [0.1, 0.15) is 0 Å². The molecule has 4 nitrogen and oxygen atoms in total. The molecular formula is C16H17NO3S. The minimum atomic E-state index is -0.0482. The molecule has 0 saturated heterocycles. The number of hydrogen-bond donors (Lipinski definition) is 1. The van der Waals surface area contributed by atoms with E-state index in [2.05, 4.69) is 5.32 Å². The number of rotatable bonds is 6. The lowest BCUT2D eigenvalue weighted by molar-refractivity contribution is -0.113. The van der Waals surface area contributed by atoms with Crippen LogP contribution in [0.25, 0.3) is 0 Å². The van der Waals surface area contributed by atoms with Crippen molar-refractivity contribution in [3.63, 3.8) is 0 Å². The average molecular weight is 303 g/mol. The van der Waals surface area contributed by atoms with Crippen LogP contribution < -0.4 is 14.8 Å². The number of methoxy groups -OCH3 is 2. The van der Waals surface area contributed by atoms with Crippen LogP contribution in [-0.2, 0) is 4.79 Å². The van der Waals surface area contributed by atoms with E-state index >= 15 is 0 Å². The van der Waals surface area contributed by atoms with Crippen LogP contribution in [0.5, 0.6) is 11.5 Å². The van der Waals surface area contributed by atoms with E-state index in [1.807, 2.05) is 48.5 Å². The Hall–Kier alpha value is -2.14. The minimum Gasteiger partial charge on any atom is -0.497 e. The first-order valence-corrected chi connectivity index (χ1v) is 7.40. The zero-order valence-electron chi connectivity index (χ0n) is 12.0. The maximum absolute atomic E-state index is 11.9. The quantitative estimate of drug-likeness (QED) is 0.831. The van der Waals surface area contributed by atoms with E-state index in [1.54, 1.807) is 14.2 Å². The standard InChI is InChI=1S/C16H17NO3S/c1-19-13-8-6-12(7-9-13)17-16(18)11-21-15-5-3-4-14(10-15)20-2/h3-10H,11H2,1-2H3,(H,17,18). The highest BCUT2D eigenvalue weighted by Crippen LogP contribution is 2.23. The lowest BCUT2D eigenvalue weighted by Gasteiger charge is -2.07. The average Bonchev–Trinajstić information content (AvgIpc) is 2.54. The van der Waals surface area contributed by atoms with Crippen molar-refractivity contribution in [1.82, 2.24) is 0 Å². The molecule has 21 heavy (non-hydrogen) atoms. The molecule has 0 fully saturated rings. The molecule has 0 spiro atoms. The van der Waals surface area contributed by atoms with Gasteiger partial charge in [0.1, 0.15) is 11.5 Å². The topological polar surface area (TPSA) is 47.6 Å². The Bertz CT molecular complexity index is 599. The fourth-order valence-electron chi connectivity index (χ4n) is 1.71. The number of carbonyl (C=O) groups excluding carboxylic acids is 1. The summed E-state index contributed by atoms with van der Waals surface area (Å²) in [6, 6.07) is 14.9. The highest BCUT2D eigenvalue weighted by atomic mass is 32.2. The summed E-state index contributed by atoms with van der Waals surface area (Å²) in [5, 5.41) is 2.85. The smallest absolute Gasteiger partial charge is 0.234 e. The van der Waals surface area contributed by atoms with E-state index in [0.717, 1.165) is 22.1 Å². The molecule has 2 aromatic carbocycles. The monoisotopic (exact) mass is 303 g/mol. The van der Waals surface area contributed by atoms with Gasteiger partial charge in [-0.25, -0.2) is 0 Å². The van der Waals surface area contributed by atoms with E-state index in [4.69, 9.17) is 9.47 Å². The van der Waals surface area contributed by atoms with Crippen molar-refractivity contribution in [2.45, 2.75) is 4.90 Å². The molecule has 0 bridgehead atoms. The third-order valence-corrected chi connectivity index (χ3v) is 3.78. The molecule has 5 heteroatoms. The number of benzene rings is 2. The molecule has 2 aromatic rings. The van der Waals surface area contributed by atoms with Crippen molar-refractivity contribution in [3.05, 3.63) is 48.5 Å². The number of nitrogens with one attached hydrogen (secondary N) is 1. The SMILES string of the molecule is COc1ccc(NC(=O)CSc2cccc(OC)c2)cc1. The van der Waals surface area contributed by atoms with Crippen molar-refractivity contribution in [1.29, 1.82) is 0 Å². The predicted molar refractivity (Wildman–Crippen MR) is 85.3 cm³/mol. The predicted octanol–water partition coefficient (Wildman–Crippen LogP) is 3.43. The molecule has 0 saturated carbocycles. The molecule has 0 aromatic heterocycles. The van der Waals surface area contributed by atoms with Gasteiger partial charge in [0.15, 0.2) is 0 Å². The summed E-state index contributed by atoms with van der Waals surface area (Å²) in [7, 11) is 3.23. The summed E-state index contributed by atoms with van der Waals surface area (Å²) in [4.78, 5) is 12.9. The number of carbonyl (C=O) groups is 1. The lowest BCUT2D eigenvalue weighted by Crippen LogP contribution is -2.13. The number of thioether (sulfide) groups is 1. The molecular weight excluding hydrogens is 286 g/mol. The zero-order valence-corrected chi connectivity index (χ0v) is 12.8. The Morgan fingerprint density at radius 3 is 2.43 bits per heavy atom. The van der Waals surface area contributed by atoms with E-state index in [9.17, 15) is 4.79 Å². The molecule has 110 valence electrons. The minimum absolute atomic E-state index is 0.0482. The summed E-state index contributed by atoms with van der Waals surface area (Å²) in [5.41, 5.74) is 0.757. The summed E-state index contributed by atoms with van der Waals surface area (Å²) >= 11 is 1.47. The van der Waals surface area contributed by atoms with Crippen LogP contribution in [0.15, 0.2) is 53.4 Å². The molecule has 0 aliphatic carbocycles. The maximum Gasteiger partial charge on any atom is 0.234 e. The number of ether oxygens (including phenoxy) is 2. The Morgan fingerprint density at radius 2 is 1.76 bits per heavy atom. The van der Waals surface area contributed by atoms with Gasteiger partial charge >= 0.3 is 0 Å². The highest BCUT2D eigenvalue weighted by molar-refractivity contribution is 8.00. The van der Waals surface area contributed by atoms with E-state index < -0.39 is 0 Å². The molecule has 0 aliphatic heterocycles. The maximum atomic E-state index is 11.9. The molecule has 0 heterocycles. The summed E-state index contributed by atoms with van der Waals surface area (Å²) < 4.78 is 10.2. The van der Waals surface area contributed by atoms with Gasteiger partial charge in [-0.3, -0.25) is 4.79 Å². The molecule has 0 radical (unpaired) electrons. The third kappa shape index (κ3) is 4.72. The van der Waals surface area contributed by atoms with Gasteiger partial charge in [0.2, 0.25) is 5.91 Å². The number of amides is 1. The second kappa shape index (κ2) is 7.59. The number of hydrogen-bond acceptors (Lipinski definition) is 4. The van der Waals surface area contributed by atoms with Crippen molar-refractivity contribution < 1.29 is 14.3 Å². The first-order valence-electron chi connectivity index (χ1n) is 6.42. The summed E-state index contributed by atoms with van der Waals surface area (Å²) in [6.45, 7) is 0. The van der Waals surface area contributed by atoms with Gasteiger partial charge in [0, 0.05) is 10.6 Å². The number of anilines is 1. The van der Waals surface area contributed by atoms with Crippen LogP contribution in [0, 0.1) is 0 Å². The Balaban J connectivity index is 1.86. The van der Waals surface area contributed by atoms with Crippen molar-refractivity contribution in [2.75, 3.05) is 25.3 Å². The van der Waals surface area contributed by atoms with Gasteiger partial charge in [0.25, 0.3) is 0 Å². The van der Waals surface area contributed by atoms with E-state index in [-0.39, 0.29) is 5.91 Å². The van der Waals surface area contributed by atoms with E-state index in [0.29, 0.717) is 5.75 Å². The Morgan fingerprint density at radius 1 is 1.05 bits per heavy atom. The zero-order chi connectivity index (χ0) is 15.1. The molecule has 1 N–H and O–H groups in total. The second-order valence-electron chi connectivity index (χ2n) is 4.24. The van der Waals surface area contributed by atoms with E-state index in [1.165, 1.54) is 11.8 Å². The molecule has 1 amide bonds. The fourth-order valence-corrected chi connectivity index (χ4v) is 2.46. The molecule has 0 unspecified atom stereocenters. The second-order valence-corrected chi connectivity index (χ2v) is 5.29. The van der Waals surface area contributed by atoms with Crippen LogP contribution in [0.3, 0.4) is 0 Å². The first-order chi connectivity index (χ1) is 10.2. The van der Waals surface area contributed by atoms with Gasteiger partial charge in [-0.1, -0.05) is 6.07 Å². The summed E-state index contributed by atoms with van der Waals surface area (Å²) in [6.07, 6.45) is 0. The van der Waals surface area contributed by atoms with Gasteiger partial charge in [-0.15, -0.1) is 11.8 Å². The van der Waals surface area contributed by atoms with Crippen LogP contribution in [-0.4, -0.2) is 25.9 Å². The normalized spacial score (nSPS) is 10.0. The van der Waals surface area contributed by atoms with Crippen LogP contribution >= 0.6 is 11.8 Å². The van der Waals surface area contributed by atoms with Crippen molar-refractivity contribution in [3.8, 4) is 11.5 Å². The van der Waals surface area contributed by atoms with Gasteiger partial charge < -0.3 is 14.8 Å².